The van der Waals surface area contributed by atoms with Crippen molar-refractivity contribution in [3.05, 3.63) is 47.5 Å². The van der Waals surface area contributed by atoms with Gasteiger partial charge in [-0.15, -0.1) is 0 Å². The molecule has 0 saturated heterocycles. The second kappa shape index (κ2) is 9.00. The predicted octanol–water partition coefficient (Wildman–Crippen LogP) is 3.99. The first kappa shape index (κ1) is 22.0. The van der Waals surface area contributed by atoms with Gasteiger partial charge in [-0.25, -0.2) is 9.37 Å². The first-order valence-electron chi connectivity index (χ1n) is 8.52. The van der Waals surface area contributed by atoms with E-state index in [9.17, 15) is 22.4 Å². The summed E-state index contributed by atoms with van der Waals surface area (Å²) < 4.78 is 50.5. The van der Waals surface area contributed by atoms with Gasteiger partial charge in [-0.3, -0.25) is 9.79 Å². The molecule has 13 heteroatoms. The van der Waals surface area contributed by atoms with Crippen LogP contribution in [-0.4, -0.2) is 40.5 Å². The van der Waals surface area contributed by atoms with E-state index in [1.165, 1.54) is 0 Å². The number of hydrogen-bond acceptors (Lipinski definition) is 6. The zero-order valence-corrected chi connectivity index (χ0v) is 16.2. The molecule has 0 fully saturated rings. The lowest BCUT2D eigenvalue weighted by molar-refractivity contribution is -0.115. The zero-order valence-electron chi connectivity index (χ0n) is 15.5. The van der Waals surface area contributed by atoms with Crippen molar-refractivity contribution in [3.63, 3.8) is 0 Å². The Bertz CT molecular complexity index is 1170. The number of nitrogens with two attached hydrogens (primary N) is 1. The van der Waals surface area contributed by atoms with Crippen molar-refractivity contribution in [1.29, 1.82) is 0 Å². The molecule has 1 amide bonds. The quantitative estimate of drug-likeness (QED) is 0.194. The highest BCUT2D eigenvalue weighted by molar-refractivity contribution is 6.63. The summed E-state index contributed by atoms with van der Waals surface area (Å²) in [4.78, 5) is 22.8. The molecule has 8 nitrogen and oxygen atoms in total. The Labute approximate surface area is 177 Å². The largest absolute Gasteiger partial charge is 0.405 e. The molecule has 3 rings (SSSR count). The van der Waals surface area contributed by atoms with Gasteiger partial charge in [0.15, 0.2) is 17.3 Å². The number of hydrazone groups is 1. The Hall–Kier alpha value is -3.67. The number of amides is 1. The van der Waals surface area contributed by atoms with Crippen LogP contribution in [0.25, 0.3) is 10.9 Å². The van der Waals surface area contributed by atoms with Crippen molar-refractivity contribution >= 4 is 57.5 Å². The number of H-pyrrole nitrogens is 1. The van der Waals surface area contributed by atoms with Gasteiger partial charge < -0.3 is 21.5 Å². The number of rotatable bonds is 6. The van der Waals surface area contributed by atoms with Gasteiger partial charge in [0, 0.05) is 28.2 Å². The van der Waals surface area contributed by atoms with E-state index in [1.807, 2.05) is 5.32 Å². The van der Waals surface area contributed by atoms with Crippen LogP contribution in [0.5, 0.6) is 0 Å². The first-order chi connectivity index (χ1) is 14.7. The zero-order chi connectivity index (χ0) is 22.6. The topological polar surface area (TPSA) is 121 Å². The van der Waals surface area contributed by atoms with Gasteiger partial charge in [-0.05, 0) is 18.2 Å². The van der Waals surface area contributed by atoms with Crippen LogP contribution in [0.2, 0.25) is 5.02 Å². The van der Waals surface area contributed by atoms with Crippen LogP contribution in [0, 0.1) is 5.82 Å². The number of aromatic nitrogens is 2. The Morgan fingerprint density at radius 2 is 2.10 bits per heavy atom. The smallest absolute Gasteiger partial charge is 0.359 e. The maximum Gasteiger partial charge on any atom is 0.405 e. The summed E-state index contributed by atoms with van der Waals surface area (Å²) in [5.41, 5.74) is 0.796. The molecule has 0 aliphatic heterocycles. The molecular formula is C18H14ClF4N7O. The minimum absolute atomic E-state index is 0.0668. The Morgan fingerprint density at radius 3 is 2.77 bits per heavy atom. The Morgan fingerprint density at radius 1 is 1.32 bits per heavy atom. The maximum absolute atomic E-state index is 13.9. The van der Waals surface area contributed by atoms with Crippen LogP contribution in [-0.2, 0) is 4.79 Å². The summed E-state index contributed by atoms with van der Waals surface area (Å²) in [5, 5.41) is 8.90. The average molecular weight is 456 g/mol. The number of pyridine rings is 1. The lowest BCUT2D eigenvalue weighted by Crippen LogP contribution is -2.25. The third-order valence-corrected chi connectivity index (χ3v) is 4.12. The van der Waals surface area contributed by atoms with Crippen LogP contribution in [0.1, 0.15) is 0 Å². The molecule has 0 aliphatic carbocycles. The minimum Gasteiger partial charge on any atom is -0.359 e. The number of hydrogen-bond donors (Lipinski definition) is 4. The van der Waals surface area contributed by atoms with E-state index in [-0.39, 0.29) is 11.4 Å². The molecule has 31 heavy (non-hydrogen) atoms. The molecule has 3 aromatic rings. The Kier molecular flexibility index (Phi) is 6.39. The molecule has 0 atom stereocenters. The number of fused-ring (bicyclic) bond motifs is 1. The standard InChI is InChI=1S/C18H14ClF4N7O/c19-9-1-2-13-11(3-9)14(6-26-13)29-17(31)15(30-24)7-25-10-4-12(20)16(27-5-10)28-8-18(21,22)23/h1-7,26H,8,24H2,(H,27,28)(H,29,31). The summed E-state index contributed by atoms with van der Waals surface area (Å²) in [7, 11) is 0. The fourth-order valence-electron chi connectivity index (χ4n) is 2.48. The van der Waals surface area contributed by atoms with Crippen molar-refractivity contribution in [1.82, 2.24) is 9.97 Å². The highest BCUT2D eigenvalue weighted by atomic mass is 35.5. The van der Waals surface area contributed by atoms with E-state index in [4.69, 9.17) is 17.4 Å². The Balaban J connectivity index is 1.70. The van der Waals surface area contributed by atoms with Gasteiger partial charge in [0.25, 0.3) is 5.91 Å². The molecule has 162 valence electrons. The third-order valence-electron chi connectivity index (χ3n) is 3.88. The third kappa shape index (κ3) is 5.69. The van der Waals surface area contributed by atoms with Crippen LogP contribution >= 0.6 is 11.6 Å². The normalized spacial score (nSPS) is 12.5. The monoisotopic (exact) mass is 455 g/mol. The van der Waals surface area contributed by atoms with Gasteiger partial charge in [0.2, 0.25) is 0 Å². The molecule has 0 radical (unpaired) electrons. The SMILES string of the molecule is NN=C(C=Nc1cnc(NCC(F)(F)F)c(F)c1)C(=O)Nc1c[nH]c2ccc(Cl)cc12. The van der Waals surface area contributed by atoms with Crippen LogP contribution < -0.4 is 16.5 Å². The summed E-state index contributed by atoms with van der Waals surface area (Å²) >= 11 is 5.97. The van der Waals surface area contributed by atoms with E-state index in [2.05, 4.69) is 25.4 Å². The van der Waals surface area contributed by atoms with Gasteiger partial charge in [0.05, 0.1) is 23.8 Å². The van der Waals surface area contributed by atoms with Crippen LogP contribution in [0.15, 0.2) is 46.8 Å². The number of alkyl halides is 3. The molecule has 0 saturated carbocycles. The molecule has 0 unspecified atom stereocenters. The summed E-state index contributed by atoms with van der Waals surface area (Å²) in [6.45, 7) is -1.44. The number of carbonyl (C=O) groups excluding carboxylic acids is 1. The first-order valence-corrected chi connectivity index (χ1v) is 8.90. The molecule has 5 N–H and O–H groups in total. The molecule has 0 spiro atoms. The fourth-order valence-corrected chi connectivity index (χ4v) is 2.65. The van der Waals surface area contributed by atoms with Gasteiger partial charge >= 0.3 is 6.18 Å². The molecule has 2 heterocycles. The second-order valence-corrected chi connectivity index (χ2v) is 6.55. The lowest BCUT2D eigenvalue weighted by Gasteiger charge is -2.09. The molecule has 2 aromatic heterocycles. The summed E-state index contributed by atoms with van der Waals surface area (Å²) in [6.07, 6.45) is -0.987. The second-order valence-electron chi connectivity index (χ2n) is 6.11. The number of aliphatic imine (C=N–C) groups is 1. The predicted molar refractivity (Wildman–Crippen MR) is 110 cm³/mol. The molecule has 0 bridgehead atoms. The number of carbonyl (C=O) groups is 1. The highest BCUT2D eigenvalue weighted by Gasteiger charge is 2.27. The summed E-state index contributed by atoms with van der Waals surface area (Å²) in [6, 6.07) is 5.92. The van der Waals surface area contributed by atoms with Crippen molar-refractivity contribution in [2.24, 2.45) is 15.9 Å². The van der Waals surface area contributed by atoms with E-state index >= 15 is 0 Å². The van der Waals surface area contributed by atoms with Crippen molar-refractivity contribution in [3.8, 4) is 0 Å². The number of anilines is 2. The van der Waals surface area contributed by atoms with Gasteiger partial charge in [-0.2, -0.15) is 18.3 Å². The number of nitrogens with zero attached hydrogens (tertiary/aromatic N) is 3. The average Bonchev–Trinajstić information content (AvgIpc) is 3.09. The maximum atomic E-state index is 13.9. The molecule has 0 aliphatic rings. The summed E-state index contributed by atoms with van der Waals surface area (Å²) in [5.74, 6) is 2.90. The number of benzene rings is 1. The van der Waals surface area contributed by atoms with Crippen molar-refractivity contribution in [2.45, 2.75) is 6.18 Å². The van der Waals surface area contributed by atoms with E-state index in [1.54, 1.807) is 24.4 Å². The van der Waals surface area contributed by atoms with Gasteiger partial charge in [0.1, 0.15) is 6.54 Å². The molecular weight excluding hydrogens is 442 g/mol. The van der Waals surface area contributed by atoms with Gasteiger partial charge in [-0.1, -0.05) is 11.6 Å². The van der Waals surface area contributed by atoms with E-state index in [0.29, 0.717) is 16.1 Å². The lowest BCUT2D eigenvalue weighted by atomic mass is 10.2. The van der Waals surface area contributed by atoms with Crippen molar-refractivity contribution < 1.29 is 22.4 Å². The van der Waals surface area contributed by atoms with Crippen LogP contribution in [0.4, 0.5) is 34.8 Å². The van der Waals surface area contributed by atoms with E-state index in [0.717, 1.165) is 24.0 Å². The fraction of sp³-hybridized carbons (Fsp3) is 0.111. The number of nitrogens with one attached hydrogen (secondary N) is 3. The molecule has 1 aromatic carbocycles. The minimum atomic E-state index is -4.53. The number of halogens is 5. The van der Waals surface area contributed by atoms with Crippen molar-refractivity contribution in [2.75, 3.05) is 17.2 Å². The number of aromatic amines is 1. The van der Waals surface area contributed by atoms with E-state index < -0.39 is 30.3 Å². The van der Waals surface area contributed by atoms with Crippen LogP contribution in [0.3, 0.4) is 0 Å². The highest BCUT2D eigenvalue weighted by Crippen LogP contribution is 2.26.